The second-order valence-electron chi connectivity index (χ2n) is 5.31. The molecule has 2 heterocycles. The molecule has 3 N–H and O–H groups in total. The van der Waals surface area contributed by atoms with Crippen molar-refractivity contribution in [2.24, 2.45) is 5.92 Å². The molecule has 0 aromatic carbocycles. The van der Waals surface area contributed by atoms with Crippen LogP contribution in [0.5, 0.6) is 0 Å². The third-order valence-electron chi connectivity index (χ3n) is 3.34. The van der Waals surface area contributed by atoms with E-state index in [1.807, 2.05) is 0 Å². The second kappa shape index (κ2) is 7.23. The van der Waals surface area contributed by atoms with Gasteiger partial charge in [0.05, 0.1) is 6.61 Å². The Hall–Kier alpha value is -1.63. The zero-order chi connectivity index (χ0) is 14.4. The molecule has 0 aliphatic carbocycles. The molecule has 1 aromatic rings. The summed E-state index contributed by atoms with van der Waals surface area (Å²) in [4.78, 5) is 15.0. The van der Waals surface area contributed by atoms with Crippen LogP contribution in [0.2, 0.25) is 0 Å². The van der Waals surface area contributed by atoms with E-state index in [9.17, 15) is 0 Å². The van der Waals surface area contributed by atoms with E-state index in [1.165, 1.54) is 19.3 Å². The number of nitrogens with zero attached hydrogens (tertiary/aromatic N) is 4. The number of nitrogen functional groups attached to an aromatic ring is 1. The van der Waals surface area contributed by atoms with Crippen molar-refractivity contribution in [3.05, 3.63) is 0 Å². The quantitative estimate of drug-likeness (QED) is 0.807. The lowest BCUT2D eigenvalue weighted by Gasteiger charge is -2.26. The van der Waals surface area contributed by atoms with Crippen LogP contribution in [0, 0.1) is 5.92 Å². The Morgan fingerprint density at radius 1 is 1.25 bits per heavy atom. The van der Waals surface area contributed by atoms with Gasteiger partial charge in [0, 0.05) is 26.7 Å². The van der Waals surface area contributed by atoms with Crippen molar-refractivity contribution in [2.45, 2.75) is 26.2 Å². The Labute approximate surface area is 119 Å². The van der Waals surface area contributed by atoms with E-state index in [0.29, 0.717) is 24.4 Å². The van der Waals surface area contributed by atoms with E-state index in [4.69, 9.17) is 10.5 Å². The summed E-state index contributed by atoms with van der Waals surface area (Å²) in [7, 11) is 1.70. The normalized spacial score (nSPS) is 17.0. The van der Waals surface area contributed by atoms with Gasteiger partial charge in [-0.3, -0.25) is 0 Å². The first-order valence-electron chi connectivity index (χ1n) is 7.18. The van der Waals surface area contributed by atoms with Crippen LogP contribution < -0.4 is 16.0 Å². The summed E-state index contributed by atoms with van der Waals surface area (Å²) < 4.78 is 5.11. The van der Waals surface area contributed by atoms with Crippen LogP contribution in [0.15, 0.2) is 0 Å². The standard InChI is InChI=1S/C13H24N6O/c1-10(9-20-2)8-15-12-16-11(14)17-13(18-12)19-6-4-3-5-7-19/h10H,3-9H2,1-2H3,(H3,14,15,16,17,18). The van der Waals surface area contributed by atoms with Crippen molar-refractivity contribution in [1.29, 1.82) is 0 Å². The van der Waals surface area contributed by atoms with Crippen LogP contribution in [-0.4, -0.2) is 48.3 Å². The van der Waals surface area contributed by atoms with Crippen molar-refractivity contribution in [2.75, 3.05) is 49.3 Å². The van der Waals surface area contributed by atoms with Crippen LogP contribution in [0.25, 0.3) is 0 Å². The number of nitrogens with one attached hydrogen (secondary N) is 1. The smallest absolute Gasteiger partial charge is 0.231 e. The lowest BCUT2D eigenvalue weighted by Crippen LogP contribution is -2.31. The number of anilines is 3. The van der Waals surface area contributed by atoms with E-state index in [1.54, 1.807) is 7.11 Å². The first kappa shape index (κ1) is 14.8. The Morgan fingerprint density at radius 2 is 2.00 bits per heavy atom. The van der Waals surface area contributed by atoms with E-state index < -0.39 is 0 Å². The summed E-state index contributed by atoms with van der Waals surface area (Å²) in [6.07, 6.45) is 3.63. The molecule has 0 spiro atoms. The number of nitrogens with two attached hydrogens (primary N) is 1. The fraction of sp³-hybridized carbons (Fsp3) is 0.769. The number of piperidine rings is 1. The van der Waals surface area contributed by atoms with Crippen LogP contribution in [0.4, 0.5) is 17.8 Å². The maximum Gasteiger partial charge on any atom is 0.231 e. The highest BCUT2D eigenvalue weighted by Crippen LogP contribution is 2.17. The SMILES string of the molecule is COCC(C)CNc1nc(N)nc(N2CCCCC2)n1. The summed E-state index contributed by atoms with van der Waals surface area (Å²) in [5, 5.41) is 3.20. The average Bonchev–Trinajstić information content (AvgIpc) is 2.46. The molecule has 1 aromatic heterocycles. The highest BCUT2D eigenvalue weighted by molar-refractivity contribution is 5.42. The van der Waals surface area contributed by atoms with Crippen molar-refractivity contribution < 1.29 is 4.74 Å². The van der Waals surface area contributed by atoms with Crippen molar-refractivity contribution in [3.8, 4) is 0 Å². The fourth-order valence-corrected chi connectivity index (χ4v) is 2.30. The summed E-state index contributed by atoms with van der Waals surface area (Å²) >= 11 is 0. The topological polar surface area (TPSA) is 89.2 Å². The Balaban J connectivity index is 2.00. The molecule has 7 heteroatoms. The molecule has 1 aliphatic heterocycles. The first-order valence-corrected chi connectivity index (χ1v) is 7.18. The van der Waals surface area contributed by atoms with Gasteiger partial charge in [-0.05, 0) is 25.2 Å². The highest BCUT2D eigenvalue weighted by atomic mass is 16.5. The Bertz CT molecular complexity index is 421. The predicted molar refractivity (Wildman–Crippen MR) is 79.8 cm³/mol. The number of methoxy groups -OCH3 is 1. The van der Waals surface area contributed by atoms with Crippen molar-refractivity contribution in [3.63, 3.8) is 0 Å². The minimum absolute atomic E-state index is 0.266. The third kappa shape index (κ3) is 4.19. The van der Waals surface area contributed by atoms with Crippen LogP contribution in [0.1, 0.15) is 26.2 Å². The molecule has 20 heavy (non-hydrogen) atoms. The third-order valence-corrected chi connectivity index (χ3v) is 3.34. The van der Waals surface area contributed by atoms with Crippen LogP contribution >= 0.6 is 0 Å². The van der Waals surface area contributed by atoms with Gasteiger partial charge in [-0.1, -0.05) is 6.92 Å². The lowest BCUT2D eigenvalue weighted by atomic mass is 10.1. The summed E-state index contributed by atoms with van der Waals surface area (Å²) in [6, 6.07) is 0. The average molecular weight is 280 g/mol. The number of aromatic nitrogens is 3. The molecule has 0 saturated carbocycles. The summed E-state index contributed by atoms with van der Waals surface area (Å²) in [5.41, 5.74) is 5.78. The van der Waals surface area contributed by atoms with Crippen LogP contribution in [0.3, 0.4) is 0 Å². The van der Waals surface area contributed by atoms with Crippen molar-refractivity contribution >= 4 is 17.8 Å². The van der Waals surface area contributed by atoms with Crippen molar-refractivity contribution in [1.82, 2.24) is 15.0 Å². The lowest BCUT2D eigenvalue weighted by molar-refractivity contribution is 0.164. The maximum absolute atomic E-state index is 5.78. The Morgan fingerprint density at radius 3 is 2.70 bits per heavy atom. The highest BCUT2D eigenvalue weighted by Gasteiger charge is 2.15. The summed E-state index contributed by atoms with van der Waals surface area (Å²) in [5.74, 6) is 1.87. The fourth-order valence-electron chi connectivity index (χ4n) is 2.30. The minimum Gasteiger partial charge on any atom is -0.384 e. The Kier molecular flexibility index (Phi) is 5.34. The zero-order valence-electron chi connectivity index (χ0n) is 12.3. The number of ether oxygens (including phenoxy) is 1. The van der Waals surface area contributed by atoms with E-state index in [-0.39, 0.29) is 5.95 Å². The monoisotopic (exact) mass is 280 g/mol. The number of hydrogen-bond acceptors (Lipinski definition) is 7. The zero-order valence-corrected chi connectivity index (χ0v) is 12.3. The van der Waals surface area contributed by atoms with Gasteiger partial charge in [-0.25, -0.2) is 0 Å². The molecular formula is C13H24N6O. The van der Waals surface area contributed by atoms with Gasteiger partial charge < -0.3 is 20.7 Å². The van der Waals surface area contributed by atoms with E-state index in [2.05, 4.69) is 32.1 Å². The van der Waals surface area contributed by atoms with E-state index >= 15 is 0 Å². The second-order valence-corrected chi connectivity index (χ2v) is 5.31. The number of hydrogen-bond donors (Lipinski definition) is 2. The molecule has 0 amide bonds. The molecule has 2 rings (SSSR count). The molecule has 112 valence electrons. The van der Waals surface area contributed by atoms with Gasteiger partial charge in [0.1, 0.15) is 0 Å². The van der Waals surface area contributed by atoms with Gasteiger partial charge in [0.25, 0.3) is 0 Å². The maximum atomic E-state index is 5.78. The predicted octanol–water partition coefficient (Wildman–Crippen LogP) is 1.14. The van der Waals surface area contributed by atoms with Gasteiger partial charge in [0.2, 0.25) is 17.8 Å². The van der Waals surface area contributed by atoms with Gasteiger partial charge in [-0.15, -0.1) is 0 Å². The van der Waals surface area contributed by atoms with Gasteiger partial charge >= 0.3 is 0 Å². The molecule has 0 radical (unpaired) electrons. The van der Waals surface area contributed by atoms with E-state index in [0.717, 1.165) is 19.6 Å². The van der Waals surface area contributed by atoms with Gasteiger partial charge in [0.15, 0.2) is 0 Å². The number of rotatable bonds is 6. The van der Waals surface area contributed by atoms with Gasteiger partial charge in [-0.2, -0.15) is 15.0 Å². The molecule has 0 bridgehead atoms. The largest absolute Gasteiger partial charge is 0.384 e. The molecule has 1 saturated heterocycles. The molecule has 1 atom stereocenters. The molecule has 1 aliphatic rings. The molecular weight excluding hydrogens is 256 g/mol. The molecule has 1 unspecified atom stereocenters. The minimum atomic E-state index is 0.266. The molecule has 7 nitrogen and oxygen atoms in total. The summed E-state index contributed by atoms with van der Waals surface area (Å²) in [6.45, 7) is 5.53. The van der Waals surface area contributed by atoms with Crippen LogP contribution in [-0.2, 0) is 4.74 Å². The molecule has 1 fully saturated rings. The first-order chi connectivity index (χ1) is 9.69.